The first-order valence-electron chi connectivity index (χ1n) is 6.60. The first kappa shape index (κ1) is 14.6. The lowest BCUT2D eigenvalue weighted by Crippen LogP contribution is -2.17. The van der Waals surface area contributed by atoms with Crippen molar-refractivity contribution in [2.24, 2.45) is 5.73 Å². The van der Waals surface area contributed by atoms with Gasteiger partial charge in [-0.2, -0.15) is 0 Å². The van der Waals surface area contributed by atoms with Gasteiger partial charge in [-0.05, 0) is 23.8 Å². The molecule has 1 unspecified atom stereocenters. The summed E-state index contributed by atoms with van der Waals surface area (Å²) in [6.45, 7) is 0. The summed E-state index contributed by atoms with van der Waals surface area (Å²) < 4.78 is 11.2. The van der Waals surface area contributed by atoms with E-state index >= 15 is 0 Å². The third kappa shape index (κ3) is 2.82. The van der Waals surface area contributed by atoms with Crippen LogP contribution in [0.1, 0.15) is 27.6 Å². The molecular weight excluding hydrogens is 350 g/mol. The van der Waals surface area contributed by atoms with Gasteiger partial charge in [0.15, 0.2) is 0 Å². The highest BCUT2D eigenvalue weighted by atomic mass is 79.9. The number of rotatable bonds is 3. The monoisotopic (exact) mass is 361 g/mol. The lowest BCUT2D eigenvalue weighted by Gasteiger charge is -2.13. The van der Waals surface area contributed by atoms with Crippen LogP contribution in [-0.4, -0.2) is 12.1 Å². The first-order chi connectivity index (χ1) is 10.5. The van der Waals surface area contributed by atoms with Crippen LogP contribution in [0.5, 0.6) is 5.75 Å². The number of carbonyl (C=O) groups is 2. The van der Waals surface area contributed by atoms with Gasteiger partial charge in [0.25, 0.3) is 0 Å². The number of nitrogens with two attached hydrogens (primary N) is 1. The molecule has 1 atom stereocenters. The predicted octanol–water partition coefficient (Wildman–Crippen LogP) is 3.36. The van der Waals surface area contributed by atoms with Crippen LogP contribution in [0.2, 0.25) is 0 Å². The normalized spacial score (nSPS) is 16.0. The van der Waals surface area contributed by atoms with E-state index in [-0.39, 0.29) is 5.97 Å². The molecule has 0 spiro atoms. The van der Waals surface area contributed by atoms with Crippen LogP contribution < -0.4 is 10.5 Å². The molecule has 112 valence electrons. The Morgan fingerprint density at radius 1 is 1.27 bits per heavy atom. The van der Waals surface area contributed by atoms with Crippen LogP contribution in [0.3, 0.4) is 0 Å². The van der Waals surface area contributed by atoms with Crippen molar-refractivity contribution in [3.8, 4) is 5.75 Å². The van der Waals surface area contributed by atoms with Gasteiger partial charge in [0.05, 0.1) is 5.56 Å². The average Bonchev–Trinajstić information content (AvgIpc) is 2.76. The lowest BCUT2D eigenvalue weighted by atomic mass is 9.99. The van der Waals surface area contributed by atoms with E-state index in [1.54, 1.807) is 18.2 Å². The Hall–Kier alpha value is -2.34. The van der Waals surface area contributed by atoms with Gasteiger partial charge in [-0.25, -0.2) is 9.59 Å². The smallest absolute Gasteiger partial charge is 0.409 e. The maximum absolute atomic E-state index is 11.9. The van der Waals surface area contributed by atoms with Crippen LogP contribution in [0.15, 0.2) is 46.9 Å². The highest BCUT2D eigenvalue weighted by Gasteiger charge is 2.31. The van der Waals surface area contributed by atoms with Crippen molar-refractivity contribution in [2.75, 3.05) is 0 Å². The third-order valence-corrected chi connectivity index (χ3v) is 3.91. The molecule has 2 N–H and O–H groups in total. The summed E-state index contributed by atoms with van der Waals surface area (Å²) in [7, 11) is 0. The Labute approximate surface area is 135 Å². The molecule has 0 aliphatic carbocycles. The quantitative estimate of drug-likeness (QED) is 0.850. The molecular formula is C16H12BrNO4. The van der Waals surface area contributed by atoms with Crippen LogP contribution in [0.25, 0.3) is 0 Å². The molecule has 3 rings (SSSR count). The van der Waals surface area contributed by atoms with Crippen LogP contribution in [0, 0.1) is 0 Å². The van der Waals surface area contributed by atoms with Crippen molar-refractivity contribution < 1.29 is 19.1 Å². The molecule has 5 nitrogen and oxygen atoms in total. The fourth-order valence-electron chi connectivity index (χ4n) is 2.47. The fraction of sp³-hybridized carbons (Fsp3) is 0.125. The Kier molecular flexibility index (Phi) is 3.85. The Morgan fingerprint density at radius 3 is 2.82 bits per heavy atom. The van der Waals surface area contributed by atoms with Crippen LogP contribution in [0.4, 0.5) is 4.79 Å². The molecule has 6 heteroatoms. The lowest BCUT2D eigenvalue weighted by molar-refractivity contribution is 0.0385. The Bertz CT molecular complexity index is 760. The summed E-state index contributed by atoms with van der Waals surface area (Å²) in [5.74, 6) is 0.0196. The minimum Gasteiger partial charge on any atom is -0.453 e. The molecule has 0 bridgehead atoms. The molecule has 1 amide bonds. The second kappa shape index (κ2) is 5.81. The second-order valence-corrected chi connectivity index (χ2v) is 5.77. The number of ether oxygens (including phenoxy) is 2. The van der Waals surface area contributed by atoms with Gasteiger partial charge in [0.1, 0.15) is 11.9 Å². The van der Waals surface area contributed by atoms with E-state index in [4.69, 9.17) is 15.2 Å². The summed E-state index contributed by atoms with van der Waals surface area (Å²) in [5, 5.41) is 0. The molecule has 0 saturated heterocycles. The SMILES string of the molecule is NC(=O)Oc1ccccc1CC1OC(=O)c2cc(Br)ccc21. The molecule has 0 radical (unpaired) electrons. The van der Waals surface area contributed by atoms with Gasteiger partial charge >= 0.3 is 12.1 Å². The number of carbonyl (C=O) groups excluding carboxylic acids is 2. The van der Waals surface area contributed by atoms with Gasteiger partial charge < -0.3 is 15.2 Å². The van der Waals surface area contributed by atoms with Crippen molar-refractivity contribution >= 4 is 28.0 Å². The zero-order valence-electron chi connectivity index (χ0n) is 11.4. The van der Waals surface area contributed by atoms with E-state index < -0.39 is 12.2 Å². The van der Waals surface area contributed by atoms with E-state index in [0.29, 0.717) is 17.7 Å². The number of benzene rings is 2. The molecule has 1 aliphatic rings. The van der Waals surface area contributed by atoms with Gasteiger partial charge in [-0.15, -0.1) is 0 Å². The molecule has 0 saturated carbocycles. The standard InChI is InChI=1S/C16H12BrNO4/c17-10-5-6-11-12(8-10)15(19)21-14(11)7-9-3-1-2-4-13(9)22-16(18)20/h1-6,8,14H,7H2,(H2,18,20). The molecule has 0 fully saturated rings. The van der Waals surface area contributed by atoms with Gasteiger partial charge in [0, 0.05) is 16.5 Å². The maximum Gasteiger partial charge on any atom is 0.409 e. The van der Waals surface area contributed by atoms with Gasteiger partial charge in [0.2, 0.25) is 0 Å². The minimum absolute atomic E-state index is 0.352. The summed E-state index contributed by atoms with van der Waals surface area (Å²) in [4.78, 5) is 22.9. The average molecular weight is 362 g/mol. The number of hydrogen-bond acceptors (Lipinski definition) is 4. The summed E-state index contributed by atoms with van der Waals surface area (Å²) in [6, 6.07) is 12.5. The molecule has 2 aromatic rings. The molecule has 0 aromatic heterocycles. The van der Waals surface area contributed by atoms with Crippen LogP contribution >= 0.6 is 15.9 Å². The van der Waals surface area contributed by atoms with Crippen molar-refractivity contribution in [3.63, 3.8) is 0 Å². The number of esters is 1. The number of primary amides is 1. The highest BCUT2D eigenvalue weighted by molar-refractivity contribution is 9.10. The number of amides is 1. The number of fused-ring (bicyclic) bond motifs is 1. The predicted molar refractivity (Wildman–Crippen MR) is 82.7 cm³/mol. The zero-order valence-corrected chi connectivity index (χ0v) is 13.0. The van der Waals surface area contributed by atoms with E-state index in [1.165, 1.54) is 0 Å². The number of para-hydroxylation sites is 1. The maximum atomic E-state index is 11.9. The largest absolute Gasteiger partial charge is 0.453 e. The van der Waals surface area contributed by atoms with Gasteiger partial charge in [-0.3, -0.25) is 0 Å². The minimum atomic E-state index is -0.875. The molecule has 1 aliphatic heterocycles. The summed E-state index contributed by atoms with van der Waals surface area (Å²) in [5.41, 5.74) is 7.18. The van der Waals surface area contributed by atoms with Crippen LogP contribution in [-0.2, 0) is 11.2 Å². The third-order valence-electron chi connectivity index (χ3n) is 3.42. The molecule has 22 heavy (non-hydrogen) atoms. The number of cyclic esters (lactones) is 1. The molecule has 1 heterocycles. The molecule has 2 aromatic carbocycles. The Morgan fingerprint density at radius 2 is 2.05 bits per heavy atom. The zero-order chi connectivity index (χ0) is 15.7. The van der Waals surface area contributed by atoms with Crippen molar-refractivity contribution in [3.05, 3.63) is 63.6 Å². The van der Waals surface area contributed by atoms with Crippen molar-refractivity contribution in [1.29, 1.82) is 0 Å². The van der Waals surface area contributed by atoms with E-state index in [2.05, 4.69) is 15.9 Å². The van der Waals surface area contributed by atoms with E-state index in [9.17, 15) is 9.59 Å². The first-order valence-corrected chi connectivity index (χ1v) is 7.39. The highest BCUT2D eigenvalue weighted by Crippen LogP contribution is 2.36. The van der Waals surface area contributed by atoms with Gasteiger partial charge in [-0.1, -0.05) is 40.2 Å². The fourth-order valence-corrected chi connectivity index (χ4v) is 2.84. The van der Waals surface area contributed by atoms with E-state index in [1.807, 2.05) is 24.3 Å². The summed E-state index contributed by atoms with van der Waals surface area (Å²) in [6.07, 6.45) is -0.877. The second-order valence-electron chi connectivity index (χ2n) is 4.86. The topological polar surface area (TPSA) is 78.6 Å². The Balaban J connectivity index is 1.90. The van der Waals surface area contributed by atoms with Crippen molar-refractivity contribution in [2.45, 2.75) is 12.5 Å². The van der Waals surface area contributed by atoms with Crippen molar-refractivity contribution in [1.82, 2.24) is 0 Å². The van der Waals surface area contributed by atoms with E-state index in [0.717, 1.165) is 15.6 Å². The summed E-state index contributed by atoms with van der Waals surface area (Å²) >= 11 is 3.34. The number of hydrogen-bond donors (Lipinski definition) is 1. The number of halogens is 1.